The number of thioether (sulfide) groups is 2. The second kappa shape index (κ2) is 2.08. The molecule has 0 spiro atoms. The van der Waals surface area contributed by atoms with Gasteiger partial charge in [0, 0.05) is 16.9 Å². The molecule has 3 heteroatoms. The zero-order chi connectivity index (χ0) is 7.24. The lowest BCUT2D eigenvalue weighted by atomic mass is 9.97. The first-order chi connectivity index (χ1) is 4.62. The van der Waals surface area contributed by atoms with Crippen molar-refractivity contribution in [3.8, 4) is 0 Å². The Morgan fingerprint density at radius 2 is 1.80 bits per heavy atom. The van der Waals surface area contributed by atoms with Crippen LogP contribution in [0.2, 0.25) is 0 Å². The Labute approximate surface area is 70.3 Å². The van der Waals surface area contributed by atoms with E-state index in [-0.39, 0.29) is 4.27 Å². The van der Waals surface area contributed by atoms with Crippen LogP contribution in [0.1, 0.15) is 13.8 Å². The lowest BCUT2D eigenvalue weighted by molar-refractivity contribution is 0.0249. The lowest BCUT2D eigenvalue weighted by Gasteiger charge is -2.48. The fourth-order valence-electron chi connectivity index (χ4n) is 1.17. The summed E-state index contributed by atoms with van der Waals surface area (Å²) in [6.07, 6.45) is 0. The number of rotatable bonds is 0. The second-order valence-electron chi connectivity index (χ2n) is 3.54. The van der Waals surface area contributed by atoms with Gasteiger partial charge in [-0.05, 0) is 6.92 Å². The predicted octanol–water partition coefficient (Wildman–Crippen LogP) is 2.18. The summed E-state index contributed by atoms with van der Waals surface area (Å²) in [5.41, 5.74) is 0.465. The van der Waals surface area contributed by atoms with Crippen LogP contribution in [-0.2, 0) is 4.74 Å². The standard InChI is InChI=1S/C7H12OS2/c1-6-3-8-7(2,9-4-6)10-5-6/h3-5H2,1-2H3. The number of hydrogen-bond acceptors (Lipinski definition) is 3. The smallest absolute Gasteiger partial charge is 0.157 e. The molecular weight excluding hydrogens is 164 g/mol. The number of ether oxygens (including phenoxy) is 1. The average Bonchev–Trinajstić information content (AvgIpc) is 1.93. The summed E-state index contributed by atoms with van der Waals surface area (Å²) in [4.78, 5) is 0. The molecule has 0 N–H and O–H groups in total. The molecule has 0 aromatic carbocycles. The molecule has 0 saturated carbocycles. The van der Waals surface area contributed by atoms with Gasteiger partial charge in [0.25, 0.3) is 0 Å². The van der Waals surface area contributed by atoms with Crippen LogP contribution in [0.15, 0.2) is 0 Å². The average molecular weight is 176 g/mol. The van der Waals surface area contributed by atoms with E-state index in [1.54, 1.807) is 0 Å². The first-order valence-corrected chi connectivity index (χ1v) is 5.51. The quantitative estimate of drug-likeness (QED) is 0.560. The van der Waals surface area contributed by atoms with Gasteiger partial charge >= 0.3 is 0 Å². The Balaban J connectivity index is 2.16. The van der Waals surface area contributed by atoms with Crippen molar-refractivity contribution < 1.29 is 4.74 Å². The highest BCUT2D eigenvalue weighted by molar-refractivity contribution is 8.18. The van der Waals surface area contributed by atoms with Crippen molar-refractivity contribution in [3.63, 3.8) is 0 Å². The third-order valence-electron chi connectivity index (χ3n) is 2.05. The SMILES string of the molecule is CC12COC(C)(SC1)SC2. The van der Waals surface area contributed by atoms with E-state index in [1.165, 1.54) is 11.5 Å². The molecule has 3 fully saturated rings. The Morgan fingerprint density at radius 1 is 1.20 bits per heavy atom. The van der Waals surface area contributed by atoms with Gasteiger partial charge in [-0.3, -0.25) is 0 Å². The van der Waals surface area contributed by atoms with E-state index in [1.807, 2.05) is 23.5 Å². The van der Waals surface area contributed by atoms with Crippen molar-refractivity contribution in [2.24, 2.45) is 5.41 Å². The van der Waals surface area contributed by atoms with Crippen LogP contribution in [0.25, 0.3) is 0 Å². The minimum Gasteiger partial charge on any atom is -0.355 e. The Hall–Kier alpha value is 0.660. The first-order valence-electron chi connectivity index (χ1n) is 3.54. The van der Waals surface area contributed by atoms with Crippen molar-refractivity contribution >= 4 is 23.5 Å². The van der Waals surface area contributed by atoms with Crippen LogP contribution >= 0.6 is 23.5 Å². The van der Waals surface area contributed by atoms with Gasteiger partial charge < -0.3 is 4.74 Å². The molecule has 0 aliphatic carbocycles. The summed E-state index contributed by atoms with van der Waals surface area (Å²) < 4.78 is 5.79. The van der Waals surface area contributed by atoms with Gasteiger partial charge in [0.1, 0.15) is 0 Å². The topological polar surface area (TPSA) is 9.23 Å². The molecule has 3 aliphatic heterocycles. The fraction of sp³-hybridized carbons (Fsp3) is 1.00. The van der Waals surface area contributed by atoms with Crippen molar-refractivity contribution in [2.75, 3.05) is 18.1 Å². The summed E-state index contributed by atoms with van der Waals surface area (Å²) in [5.74, 6) is 2.55. The zero-order valence-electron chi connectivity index (χ0n) is 6.35. The Morgan fingerprint density at radius 3 is 2.10 bits per heavy atom. The molecule has 3 heterocycles. The van der Waals surface area contributed by atoms with Gasteiger partial charge in [-0.15, -0.1) is 23.5 Å². The molecule has 0 aromatic rings. The first kappa shape index (κ1) is 7.32. The highest BCUT2D eigenvalue weighted by Gasteiger charge is 2.45. The van der Waals surface area contributed by atoms with Gasteiger partial charge in [0.15, 0.2) is 4.27 Å². The van der Waals surface area contributed by atoms with Crippen molar-refractivity contribution in [1.82, 2.24) is 0 Å². The highest BCUT2D eigenvalue weighted by Crippen LogP contribution is 2.53. The molecule has 10 heavy (non-hydrogen) atoms. The monoisotopic (exact) mass is 176 g/mol. The van der Waals surface area contributed by atoms with Crippen molar-refractivity contribution in [2.45, 2.75) is 18.1 Å². The molecule has 58 valence electrons. The van der Waals surface area contributed by atoms with Crippen LogP contribution in [0.4, 0.5) is 0 Å². The third kappa shape index (κ3) is 1.08. The Bertz CT molecular complexity index is 115. The summed E-state index contributed by atoms with van der Waals surface area (Å²) in [6.45, 7) is 5.45. The van der Waals surface area contributed by atoms with Gasteiger partial charge in [-0.25, -0.2) is 0 Å². The maximum absolute atomic E-state index is 5.69. The Kier molecular flexibility index (Phi) is 1.52. The van der Waals surface area contributed by atoms with Gasteiger partial charge in [-0.2, -0.15) is 0 Å². The molecule has 3 aliphatic rings. The van der Waals surface area contributed by atoms with Crippen LogP contribution in [0, 0.1) is 5.41 Å². The van der Waals surface area contributed by atoms with Crippen LogP contribution in [-0.4, -0.2) is 22.4 Å². The normalized spacial score (nSPS) is 53.4. The van der Waals surface area contributed by atoms with Gasteiger partial charge in [0.05, 0.1) is 6.61 Å². The van der Waals surface area contributed by atoms with Crippen LogP contribution in [0.5, 0.6) is 0 Å². The third-order valence-corrected chi connectivity index (χ3v) is 5.72. The van der Waals surface area contributed by atoms with E-state index >= 15 is 0 Å². The van der Waals surface area contributed by atoms with E-state index in [2.05, 4.69) is 13.8 Å². The molecule has 0 amide bonds. The largest absolute Gasteiger partial charge is 0.355 e. The molecule has 0 unspecified atom stereocenters. The number of fused-ring (bicyclic) bond motifs is 3. The van der Waals surface area contributed by atoms with E-state index in [0.717, 1.165) is 6.61 Å². The molecule has 0 atom stereocenters. The van der Waals surface area contributed by atoms with E-state index in [4.69, 9.17) is 4.74 Å². The molecule has 3 saturated heterocycles. The molecule has 0 radical (unpaired) electrons. The summed E-state index contributed by atoms with van der Waals surface area (Å²) in [7, 11) is 0. The minimum absolute atomic E-state index is 0.0950. The highest BCUT2D eigenvalue weighted by atomic mass is 32.2. The van der Waals surface area contributed by atoms with E-state index < -0.39 is 0 Å². The van der Waals surface area contributed by atoms with Gasteiger partial charge in [-0.1, -0.05) is 6.92 Å². The summed E-state index contributed by atoms with van der Waals surface area (Å²) in [6, 6.07) is 0. The van der Waals surface area contributed by atoms with Gasteiger partial charge in [0.2, 0.25) is 0 Å². The van der Waals surface area contributed by atoms with Crippen molar-refractivity contribution in [1.29, 1.82) is 0 Å². The summed E-state index contributed by atoms with van der Waals surface area (Å²) >= 11 is 3.91. The van der Waals surface area contributed by atoms with E-state index in [0.29, 0.717) is 5.41 Å². The molecular formula is C7H12OS2. The lowest BCUT2D eigenvalue weighted by Crippen LogP contribution is -2.46. The maximum Gasteiger partial charge on any atom is 0.157 e. The molecule has 0 aromatic heterocycles. The van der Waals surface area contributed by atoms with Crippen LogP contribution in [0.3, 0.4) is 0 Å². The summed E-state index contributed by atoms with van der Waals surface area (Å²) in [5, 5.41) is 0. The molecule has 1 nitrogen and oxygen atoms in total. The second-order valence-corrected chi connectivity index (χ2v) is 6.51. The predicted molar refractivity (Wildman–Crippen MR) is 47.4 cm³/mol. The number of hydrogen-bond donors (Lipinski definition) is 0. The fourth-order valence-corrected chi connectivity index (χ4v) is 3.86. The molecule has 3 rings (SSSR count). The maximum atomic E-state index is 5.69. The van der Waals surface area contributed by atoms with Crippen LogP contribution < -0.4 is 0 Å². The molecule has 2 bridgehead atoms. The van der Waals surface area contributed by atoms with E-state index in [9.17, 15) is 0 Å². The zero-order valence-corrected chi connectivity index (χ0v) is 7.98. The minimum atomic E-state index is 0.0950. The van der Waals surface area contributed by atoms with Crippen molar-refractivity contribution in [3.05, 3.63) is 0 Å².